The molecule has 2 aromatic rings. The predicted octanol–water partition coefficient (Wildman–Crippen LogP) is 3.23. The minimum Gasteiger partial charge on any atom is -0.376 e. The zero-order chi connectivity index (χ0) is 16.5. The minimum atomic E-state index is 0.199. The minimum absolute atomic E-state index is 0.199. The van der Waals surface area contributed by atoms with Gasteiger partial charge in [0.25, 0.3) is 5.91 Å². The molecule has 0 radical (unpaired) electrons. The van der Waals surface area contributed by atoms with Crippen LogP contribution in [0.4, 0.5) is 0 Å². The van der Waals surface area contributed by atoms with Crippen LogP contribution in [0.25, 0.3) is 10.1 Å². The number of carbonyl (C=O) groups is 1. The maximum Gasteiger partial charge on any atom is 0.263 e. The number of nitrogens with zero attached hydrogens (tertiary/aromatic N) is 2. The van der Waals surface area contributed by atoms with E-state index in [-0.39, 0.29) is 5.91 Å². The van der Waals surface area contributed by atoms with E-state index < -0.39 is 0 Å². The largest absolute Gasteiger partial charge is 0.376 e. The number of hydrogen-bond donors (Lipinski definition) is 0. The Labute approximate surface area is 147 Å². The number of likely N-dealkylation sites (tertiary alicyclic amines) is 1. The topological polar surface area (TPSA) is 32.8 Å². The van der Waals surface area contributed by atoms with Gasteiger partial charge in [0.15, 0.2) is 0 Å². The van der Waals surface area contributed by atoms with Gasteiger partial charge in [0.1, 0.15) is 0 Å². The highest BCUT2D eigenvalue weighted by molar-refractivity contribution is 7.20. The molecular weight excluding hydrogens is 320 g/mol. The number of fused-ring (bicyclic) bond motifs is 1. The molecule has 1 aromatic carbocycles. The molecule has 3 heterocycles. The van der Waals surface area contributed by atoms with Crippen molar-refractivity contribution in [3.8, 4) is 0 Å². The number of thiophene rings is 1. The molecule has 0 unspecified atom stereocenters. The molecule has 5 heteroatoms. The molecule has 4 rings (SSSR count). The summed E-state index contributed by atoms with van der Waals surface area (Å²) in [7, 11) is 0. The van der Waals surface area contributed by atoms with Crippen LogP contribution in [0.1, 0.15) is 29.4 Å². The summed E-state index contributed by atoms with van der Waals surface area (Å²) >= 11 is 1.61. The van der Waals surface area contributed by atoms with E-state index in [1.54, 1.807) is 11.3 Å². The molecule has 0 N–H and O–H groups in total. The molecule has 0 spiro atoms. The molecule has 2 saturated heterocycles. The summed E-state index contributed by atoms with van der Waals surface area (Å²) in [5.41, 5.74) is 0. The molecule has 2 aliphatic heterocycles. The Morgan fingerprint density at radius 3 is 2.75 bits per heavy atom. The zero-order valence-corrected chi connectivity index (χ0v) is 14.9. The number of morpholine rings is 1. The fraction of sp³-hybridized carbons (Fsp3) is 0.526. The zero-order valence-electron chi connectivity index (χ0n) is 14.1. The smallest absolute Gasteiger partial charge is 0.263 e. The molecular formula is C19H24N2O2S. The van der Waals surface area contributed by atoms with E-state index in [1.165, 1.54) is 10.1 Å². The number of amides is 1. The second-order valence-electron chi connectivity index (χ2n) is 6.85. The van der Waals surface area contributed by atoms with Crippen LogP contribution < -0.4 is 0 Å². The van der Waals surface area contributed by atoms with Crippen LogP contribution in [0.3, 0.4) is 0 Å². The molecule has 4 nitrogen and oxygen atoms in total. The predicted molar refractivity (Wildman–Crippen MR) is 97.7 cm³/mol. The van der Waals surface area contributed by atoms with E-state index in [0.29, 0.717) is 12.1 Å². The van der Waals surface area contributed by atoms with Gasteiger partial charge >= 0.3 is 0 Å². The lowest BCUT2D eigenvalue weighted by atomic mass is 10.0. The third kappa shape index (κ3) is 3.21. The molecule has 2 aliphatic rings. The molecule has 128 valence electrons. The standard InChI is InChI=1S/C19H24N2O2S/c1-14-13-21(10-11-23-14)16-6-8-20(9-7-16)19(22)18-12-15-4-2-3-5-17(15)24-18/h2-5,12,14,16H,6-11,13H2,1H3/t14-/m0/s1. The number of ether oxygens (including phenoxy) is 1. The van der Waals surface area contributed by atoms with Crippen LogP contribution in [0.5, 0.6) is 0 Å². The molecule has 0 saturated carbocycles. The highest BCUT2D eigenvalue weighted by atomic mass is 32.1. The Morgan fingerprint density at radius 1 is 1.21 bits per heavy atom. The van der Waals surface area contributed by atoms with Gasteiger partial charge in [0.05, 0.1) is 17.6 Å². The third-order valence-electron chi connectivity index (χ3n) is 5.18. The average Bonchev–Trinajstić information content (AvgIpc) is 3.05. The maximum atomic E-state index is 12.8. The van der Waals surface area contributed by atoms with Crippen molar-refractivity contribution in [2.75, 3.05) is 32.8 Å². The van der Waals surface area contributed by atoms with Crippen molar-refractivity contribution in [2.45, 2.75) is 31.9 Å². The first-order valence-corrected chi connectivity index (χ1v) is 9.66. The van der Waals surface area contributed by atoms with Crippen LogP contribution in [0, 0.1) is 0 Å². The monoisotopic (exact) mass is 344 g/mol. The van der Waals surface area contributed by atoms with Crippen molar-refractivity contribution in [3.05, 3.63) is 35.2 Å². The van der Waals surface area contributed by atoms with Crippen molar-refractivity contribution in [1.82, 2.24) is 9.80 Å². The van der Waals surface area contributed by atoms with Gasteiger partial charge < -0.3 is 9.64 Å². The Hall–Kier alpha value is -1.43. The SMILES string of the molecule is C[C@H]1CN(C2CCN(C(=O)c3cc4ccccc4s3)CC2)CCO1. The molecule has 1 aromatic heterocycles. The lowest BCUT2D eigenvalue weighted by molar-refractivity contribution is -0.0423. The van der Waals surface area contributed by atoms with Crippen molar-refractivity contribution >= 4 is 27.3 Å². The molecule has 0 bridgehead atoms. The summed E-state index contributed by atoms with van der Waals surface area (Å²) in [5, 5.41) is 1.17. The van der Waals surface area contributed by atoms with E-state index in [9.17, 15) is 4.79 Å². The highest BCUT2D eigenvalue weighted by Gasteiger charge is 2.30. The van der Waals surface area contributed by atoms with Crippen molar-refractivity contribution in [1.29, 1.82) is 0 Å². The number of piperidine rings is 1. The van der Waals surface area contributed by atoms with Gasteiger partial charge in [0.2, 0.25) is 0 Å². The van der Waals surface area contributed by atoms with Crippen LogP contribution >= 0.6 is 11.3 Å². The summed E-state index contributed by atoms with van der Waals surface area (Å²) in [5.74, 6) is 0.199. The summed E-state index contributed by atoms with van der Waals surface area (Å²) in [4.78, 5) is 18.3. The molecule has 0 aliphatic carbocycles. The number of carbonyl (C=O) groups excluding carboxylic acids is 1. The highest BCUT2D eigenvalue weighted by Crippen LogP contribution is 2.28. The first-order chi connectivity index (χ1) is 11.7. The van der Waals surface area contributed by atoms with Gasteiger partial charge in [-0.2, -0.15) is 0 Å². The van der Waals surface area contributed by atoms with E-state index in [4.69, 9.17) is 4.74 Å². The summed E-state index contributed by atoms with van der Waals surface area (Å²) in [6.45, 7) is 6.76. The van der Waals surface area contributed by atoms with E-state index in [2.05, 4.69) is 24.0 Å². The van der Waals surface area contributed by atoms with Crippen LogP contribution in [0.2, 0.25) is 0 Å². The van der Waals surface area contributed by atoms with Crippen LogP contribution in [0.15, 0.2) is 30.3 Å². The lowest BCUT2D eigenvalue weighted by Gasteiger charge is -2.41. The number of benzene rings is 1. The van der Waals surface area contributed by atoms with Gasteiger partial charge in [-0.3, -0.25) is 9.69 Å². The quantitative estimate of drug-likeness (QED) is 0.838. The molecule has 1 amide bonds. The van der Waals surface area contributed by atoms with Crippen molar-refractivity contribution < 1.29 is 9.53 Å². The number of hydrogen-bond acceptors (Lipinski definition) is 4. The Balaban J connectivity index is 1.39. The lowest BCUT2D eigenvalue weighted by Crippen LogP contribution is -2.51. The van der Waals surface area contributed by atoms with E-state index in [1.807, 2.05) is 23.1 Å². The Morgan fingerprint density at radius 2 is 2.00 bits per heavy atom. The maximum absolute atomic E-state index is 12.8. The first-order valence-electron chi connectivity index (χ1n) is 8.84. The second kappa shape index (κ2) is 6.82. The van der Waals surface area contributed by atoms with Crippen molar-refractivity contribution in [3.63, 3.8) is 0 Å². The fourth-order valence-electron chi connectivity index (χ4n) is 3.85. The van der Waals surface area contributed by atoms with Gasteiger partial charge in [-0.15, -0.1) is 11.3 Å². The van der Waals surface area contributed by atoms with Crippen LogP contribution in [-0.4, -0.2) is 60.6 Å². The molecule has 1 atom stereocenters. The van der Waals surface area contributed by atoms with Gasteiger partial charge in [-0.25, -0.2) is 0 Å². The fourth-order valence-corrected chi connectivity index (χ4v) is 4.88. The normalized spacial score (nSPS) is 23.7. The van der Waals surface area contributed by atoms with E-state index >= 15 is 0 Å². The third-order valence-corrected chi connectivity index (χ3v) is 6.28. The summed E-state index contributed by atoms with van der Waals surface area (Å²) in [6.07, 6.45) is 2.48. The van der Waals surface area contributed by atoms with Gasteiger partial charge in [-0.1, -0.05) is 18.2 Å². The second-order valence-corrected chi connectivity index (χ2v) is 7.93. The first kappa shape index (κ1) is 16.1. The van der Waals surface area contributed by atoms with E-state index in [0.717, 1.165) is 50.5 Å². The van der Waals surface area contributed by atoms with Crippen molar-refractivity contribution in [2.24, 2.45) is 0 Å². The van der Waals surface area contributed by atoms with Gasteiger partial charge in [0, 0.05) is 36.9 Å². The summed E-state index contributed by atoms with van der Waals surface area (Å²) in [6, 6.07) is 10.9. The van der Waals surface area contributed by atoms with Gasteiger partial charge in [-0.05, 0) is 37.3 Å². The molecule has 24 heavy (non-hydrogen) atoms. The summed E-state index contributed by atoms with van der Waals surface area (Å²) < 4.78 is 6.83. The number of rotatable bonds is 2. The Kier molecular flexibility index (Phi) is 4.57. The molecule has 2 fully saturated rings. The van der Waals surface area contributed by atoms with Crippen LogP contribution in [-0.2, 0) is 4.74 Å². The average molecular weight is 344 g/mol. The Bertz CT molecular complexity index is 688.